The van der Waals surface area contributed by atoms with E-state index in [1.54, 1.807) is 0 Å². The molecule has 1 atom stereocenters. The molecule has 0 spiro atoms. The minimum atomic E-state index is 0.487. The number of hydrogen-bond donors (Lipinski definition) is 0. The summed E-state index contributed by atoms with van der Waals surface area (Å²) in [6, 6.07) is 0. The highest BCUT2D eigenvalue weighted by Gasteiger charge is 2.44. The second-order valence-electron chi connectivity index (χ2n) is 3.29. The van der Waals surface area contributed by atoms with Crippen molar-refractivity contribution in [1.82, 2.24) is 0 Å². The first-order chi connectivity index (χ1) is 3.67. The Balaban J connectivity index is 2.26. The molecule has 1 aliphatic carbocycles. The number of carbonyl (C=O) groups excluding carboxylic acids is 1. The lowest BCUT2D eigenvalue weighted by Crippen LogP contribution is -1.89. The molecule has 1 rings (SSSR count). The van der Waals surface area contributed by atoms with E-state index in [9.17, 15) is 4.79 Å². The second kappa shape index (κ2) is 1.57. The Morgan fingerprint density at radius 1 is 1.75 bits per heavy atom. The monoisotopic (exact) mass is 112 g/mol. The van der Waals surface area contributed by atoms with Gasteiger partial charge in [-0.1, -0.05) is 13.8 Å². The summed E-state index contributed by atoms with van der Waals surface area (Å²) in [5.41, 5.74) is 0.487. The first kappa shape index (κ1) is 5.80. The molecular formula is C7H12O. The summed E-state index contributed by atoms with van der Waals surface area (Å²) in [6.45, 7) is 4.42. The molecule has 0 aromatic heterocycles. The molecule has 1 saturated carbocycles. The van der Waals surface area contributed by atoms with E-state index >= 15 is 0 Å². The molecule has 0 N–H and O–H groups in total. The summed E-state index contributed by atoms with van der Waals surface area (Å²) in [6.07, 6.45) is 3.04. The third-order valence-electron chi connectivity index (χ3n) is 2.10. The van der Waals surface area contributed by atoms with Crippen molar-refractivity contribution in [1.29, 1.82) is 0 Å². The highest BCUT2D eigenvalue weighted by atomic mass is 16.1. The van der Waals surface area contributed by atoms with Gasteiger partial charge in [-0.2, -0.15) is 0 Å². The van der Waals surface area contributed by atoms with Crippen LogP contribution in [0.1, 0.15) is 26.7 Å². The van der Waals surface area contributed by atoms with Gasteiger partial charge >= 0.3 is 0 Å². The Labute approximate surface area is 50.1 Å². The van der Waals surface area contributed by atoms with Gasteiger partial charge < -0.3 is 4.79 Å². The van der Waals surface area contributed by atoms with Gasteiger partial charge in [0.15, 0.2) is 0 Å². The fraction of sp³-hybridized carbons (Fsp3) is 0.857. The van der Waals surface area contributed by atoms with E-state index < -0.39 is 0 Å². The molecular weight excluding hydrogens is 100 g/mol. The summed E-state index contributed by atoms with van der Waals surface area (Å²) in [5, 5.41) is 0. The topological polar surface area (TPSA) is 17.1 Å². The average Bonchev–Trinajstić information content (AvgIpc) is 2.15. The Hall–Kier alpha value is -0.330. The van der Waals surface area contributed by atoms with Gasteiger partial charge in [-0.15, -0.1) is 0 Å². The van der Waals surface area contributed by atoms with Crippen LogP contribution in [0.15, 0.2) is 0 Å². The van der Waals surface area contributed by atoms with E-state index in [1.807, 2.05) is 0 Å². The molecule has 1 fully saturated rings. The zero-order valence-electron chi connectivity index (χ0n) is 5.48. The van der Waals surface area contributed by atoms with Crippen molar-refractivity contribution >= 4 is 6.29 Å². The first-order valence-electron chi connectivity index (χ1n) is 3.10. The lowest BCUT2D eigenvalue weighted by Gasteiger charge is -1.95. The average molecular weight is 112 g/mol. The Bertz CT molecular complexity index is 105. The third kappa shape index (κ3) is 0.908. The smallest absolute Gasteiger partial charge is 0.120 e. The molecule has 1 heteroatoms. The lowest BCUT2D eigenvalue weighted by atomic mass is 10.1. The van der Waals surface area contributed by atoms with Crippen LogP contribution in [0.2, 0.25) is 0 Å². The van der Waals surface area contributed by atoms with Crippen molar-refractivity contribution in [2.75, 3.05) is 0 Å². The number of hydrogen-bond acceptors (Lipinski definition) is 1. The Morgan fingerprint density at radius 3 is 2.38 bits per heavy atom. The van der Waals surface area contributed by atoms with Crippen LogP contribution in [0.25, 0.3) is 0 Å². The fourth-order valence-corrected chi connectivity index (χ4v) is 1.09. The van der Waals surface area contributed by atoms with Crippen molar-refractivity contribution in [3.05, 3.63) is 0 Å². The Kier molecular flexibility index (Phi) is 1.14. The van der Waals surface area contributed by atoms with E-state index in [-0.39, 0.29) is 0 Å². The van der Waals surface area contributed by atoms with Crippen molar-refractivity contribution in [3.8, 4) is 0 Å². The van der Waals surface area contributed by atoms with E-state index in [1.165, 1.54) is 6.42 Å². The predicted octanol–water partition coefficient (Wildman–Crippen LogP) is 1.62. The molecule has 1 aliphatic rings. The molecule has 0 bridgehead atoms. The maximum atomic E-state index is 9.94. The fourth-order valence-electron chi connectivity index (χ4n) is 1.09. The predicted molar refractivity (Wildman–Crippen MR) is 32.6 cm³/mol. The standard InChI is InChI=1S/C7H12O/c1-7(2)5-6(7)3-4-8/h4,6H,3,5H2,1-2H3. The lowest BCUT2D eigenvalue weighted by molar-refractivity contribution is -0.108. The van der Waals surface area contributed by atoms with Crippen molar-refractivity contribution in [3.63, 3.8) is 0 Å². The van der Waals surface area contributed by atoms with E-state index in [2.05, 4.69) is 13.8 Å². The normalized spacial score (nSPS) is 32.0. The van der Waals surface area contributed by atoms with Crippen LogP contribution in [0, 0.1) is 11.3 Å². The van der Waals surface area contributed by atoms with Crippen molar-refractivity contribution in [2.45, 2.75) is 26.7 Å². The van der Waals surface area contributed by atoms with Crippen LogP contribution >= 0.6 is 0 Å². The van der Waals surface area contributed by atoms with Gasteiger partial charge in [-0.3, -0.25) is 0 Å². The van der Waals surface area contributed by atoms with Gasteiger partial charge in [0.05, 0.1) is 0 Å². The molecule has 0 aromatic rings. The quantitative estimate of drug-likeness (QED) is 0.496. The molecule has 0 aliphatic heterocycles. The van der Waals surface area contributed by atoms with E-state index in [0.29, 0.717) is 11.3 Å². The number of rotatable bonds is 2. The molecule has 0 aromatic carbocycles. The third-order valence-corrected chi connectivity index (χ3v) is 2.10. The molecule has 1 unspecified atom stereocenters. The molecule has 0 amide bonds. The van der Waals surface area contributed by atoms with Gasteiger partial charge in [-0.05, 0) is 17.8 Å². The molecule has 0 radical (unpaired) electrons. The minimum absolute atomic E-state index is 0.487. The van der Waals surface area contributed by atoms with E-state index in [4.69, 9.17) is 0 Å². The van der Waals surface area contributed by atoms with Gasteiger partial charge in [0.25, 0.3) is 0 Å². The van der Waals surface area contributed by atoms with Gasteiger partial charge in [-0.25, -0.2) is 0 Å². The summed E-state index contributed by atoms with van der Waals surface area (Å²) in [7, 11) is 0. The highest BCUT2D eigenvalue weighted by Crippen LogP contribution is 2.52. The zero-order chi connectivity index (χ0) is 6.20. The van der Waals surface area contributed by atoms with Crippen LogP contribution in [0.5, 0.6) is 0 Å². The van der Waals surface area contributed by atoms with Crippen LogP contribution < -0.4 is 0 Å². The van der Waals surface area contributed by atoms with Crippen molar-refractivity contribution in [2.24, 2.45) is 11.3 Å². The Morgan fingerprint density at radius 2 is 2.25 bits per heavy atom. The summed E-state index contributed by atoms with van der Waals surface area (Å²) in [4.78, 5) is 9.94. The summed E-state index contributed by atoms with van der Waals surface area (Å²) >= 11 is 0. The zero-order valence-corrected chi connectivity index (χ0v) is 5.48. The van der Waals surface area contributed by atoms with Crippen LogP contribution in [0.3, 0.4) is 0 Å². The first-order valence-corrected chi connectivity index (χ1v) is 3.10. The van der Waals surface area contributed by atoms with E-state index in [0.717, 1.165) is 12.7 Å². The molecule has 0 heterocycles. The molecule has 0 saturated heterocycles. The SMILES string of the molecule is CC1(C)CC1CC=O. The second-order valence-corrected chi connectivity index (χ2v) is 3.29. The summed E-state index contributed by atoms with van der Waals surface area (Å²) < 4.78 is 0. The van der Waals surface area contributed by atoms with Crippen LogP contribution in [-0.4, -0.2) is 6.29 Å². The van der Waals surface area contributed by atoms with Gasteiger partial charge in [0.2, 0.25) is 0 Å². The van der Waals surface area contributed by atoms with Gasteiger partial charge in [0.1, 0.15) is 6.29 Å². The molecule has 1 nitrogen and oxygen atoms in total. The number of carbonyl (C=O) groups is 1. The molecule has 8 heavy (non-hydrogen) atoms. The van der Waals surface area contributed by atoms with Crippen molar-refractivity contribution < 1.29 is 4.79 Å². The highest BCUT2D eigenvalue weighted by molar-refractivity contribution is 5.50. The van der Waals surface area contributed by atoms with Crippen LogP contribution in [-0.2, 0) is 4.79 Å². The minimum Gasteiger partial charge on any atom is -0.303 e. The maximum Gasteiger partial charge on any atom is 0.120 e. The van der Waals surface area contributed by atoms with Gasteiger partial charge in [0, 0.05) is 6.42 Å². The largest absolute Gasteiger partial charge is 0.303 e. The van der Waals surface area contributed by atoms with Crippen LogP contribution in [0.4, 0.5) is 0 Å². The number of aldehydes is 1. The molecule has 46 valence electrons. The maximum absolute atomic E-state index is 9.94. The summed E-state index contributed by atoms with van der Waals surface area (Å²) in [5.74, 6) is 0.694.